The topological polar surface area (TPSA) is 205 Å². The number of hydrogen-bond donors (Lipinski definition) is 5. The number of hydrogen-bond acceptors (Lipinski definition) is 8. The van der Waals surface area contributed by atoms with Crippen LogP contribution < -0.4 is 16.8 Å². The number of alkyl halides is 6. The number of carboxylic acids is 1. The van der Waals surface area contributed by atoms with Crippen LogP contribution in [0.4, 0.5) is 32.2 Å². The summed E-state index contributed by atoms with van der Waals surface area (Å²) in [6.45, 7) is 1.57. The quantitative estimate of drug-likeness (QED) is 0.331. The van der Waals surface area contributed by atoms with E-state index in [0.717, 1.165) is 12.1 Å². The zero-order chi connectivity index (χ0) is 30.5. The summed E-state index contributed by atoms with van der Waals surface area (Å²) in [7, 11) is 0. The van der Waals surface area contributed by atoms with Gasteiger partial charge in [0.2, 0.25) is 0 Å². The molecule has 3 fully saturated rings. The van der Waals surface area contributed by atoms with Crippen LogP contribution in [0.2, 0.25) is 0 Å². The molecule has 7 N–H and O–H groups in total. The van der Waals surface area contributed by atoms with Crippen LogP contribution in [0.5, 0.6) is 0 Å². The Kier molecular flexibility index (Phi) is 7.24. The van der Waals surface area contributed by atoms with E-state index in [9.17, 15) is 41.0 Å². The zero-order valence-corrected chi connectivity index (χ0v) is 20.3. The lowest BCUT2D eigenvalue weighted by atomic mass is 9.40. The normalized spacial score (nSPS) is 22.7. The molecular weight excluding hydrogens is 554 g/mol. The summed E-state index contributed by atoms with van der Waals surface area (Å²) < 4.78 is 72.2. The molecule has 2 aromatic rings. The lowest BCUT2D eigenvalue weighted by Gasteiger charge is -2.66. The van der Waals surface area contributed by atoms with Crippen LogP contribution in [0, 0.1) is 23.7 Å². The fourth-order valence-electron chi connectivity index (χ4n) is 4.60. The van der Waals surface area contributed by atoms with Gasteiger partial charge < -0.3 is 27.0 Å². The van der Waals surface area contributed by atoms with Gasteiger partial charge in [-0.3, -0.25) is 9.59 Å². The van der Waals surface area contributed by atoms with Crippen molar-refractivity contribution in [3.05, 3.63) is 41.2 Å². The molecule has 1 aromatic carbocycles. The number of amides is 2. The second-order valence-electron chi connectivity index (χ2n) is 9.55. The molecule has 0 saturated heterocycles. The Balaban J connectivity index is 0.000000559. The molecule has 40 heavy (non-hydrogen) atoms. The van der Waals surface area contributed by atoms with Gasteiger partial charge in [-0.2, -0.15) is 31.6 Å². The van der Waals surface area contributed by atoms with E-state index < -0.39 is 46.8 Å². The van der Waals surface area contributed by atoms with Crippen molar-refractivity contribution >= 4 is 23.6 Å². The van der Waals surface area contributed by atoms with Gasteiger partial charge in [0.1, 0.15) is 0 Å². The molecular formula is C23H20F6N6O5. The fourth-order valence-corrected chi connectivity index (χ4v) is 4.60. The summed E-state index contributed by atoms with van der Waals surface area (Å²) in [4.78, 5) is 41.3. The number of carbonyl (C=O) groups excluding carboxylic acids is 2. The predicted molar refractivity (Wildman–Crippen MR) is 122 cm³/mol. The molecule has 0 radical (unpaired) electrons. The van der Waals surface area contributed by atoms with Gasteiger partial charge in [0.05, 0.1) is 23.4 Å². The third-order valence-electron chi connectivity index (χ3n) is 6.60. The van der Waals surface area contributed by atoms with Gasteiger partial charge in [0.25, 0.3) is 17.4 Å². The minimum atomic E-state index is -5.37. The highest BCUT2D eigenvalue weighted by Crippen LogP contribution is 2.66. The van der Waals surface area contributed by atoms with Gasteiger partial charge in [-0.05, 0) is 37.8 Å². The number of aryl methyl sites for hydroxylation is 1. The number of nitrogens with one attached hydrogen (secondary N) is 1. The van der Waals surface area contributed by atoms with E-state index in [1.54, 1.807) is 6.92 Å². The number of aromatic nitrogens is 2. The summed E-state index contributed by atoms with van der Waals surface area (Å²) in [5, 5.41) is 29.2. The maximum Gasteiger partial charge on any atom is 0.490 e. The molecule has 17 heteroatoms. The predicted octanol–water partition coefficient (Wildman–Crippen LogP) is 2.08. The monoisotopic (exact) mass is 574 g/mol. The Morgan fingerprint density at radius 3 is 2.12 bits per heavy atom. The highest BCUT2D eigenvalue weighted by molar-refractivity contribution is 5.97. The number of anilines is 1. The maximum atomic E-state index is 13.5. The average Bonchev–Trinajstić information content (AvgIpc) is 2.79. The molecule has 0 spiro atoms. The molecule has 214 valence electrons. The van der Waals surface area contributed by atoms with Crippen LogP contribution in [0.25, 0.3) is 11.3 Å². The largest absolute Gasteiger partial charge is 0.490 e. The molecule has 1 unspecified atom stereocenters. The number of halogens is 6. The fraction of sp³-hybridized carbons (Fsp3) is 0.391. The van der Waals surface area contributed by atoms with Crippen LogP contribution in [0.3, 0.4) is 0 Å². The summed E-state index contributed by atoms with van der Waals surface area (Å²) in [5.74, 6) is -5.55. The van der Waals surface area contributed by atoms with Crippen molar-refractivity contribution in [1.82, 2.24) is 15.3 Å². The third kappa shape index (κ3) is 5.21. The lowest BCUT2D eigenvalue weighted by molar-refractivity contribution is -0.255. The molecule has 0 aliphatic heterocycles. The van der Waals surface area contributed by atoms with Gasteiger partial charge in [0, 0.05) is 16.7 Å². The number of benzene rings is 1. The Hall–Kier alpha value is -4.46. The lowest BCUT2D eigenvalue weighted by Crippen LogP contribution is -2.74. The van der Waals surface area contributed by atoms with E-state index in [-0.39, 0.29) is 28.2 Å². The molecule has 3 aliphatic carbocycles. The molecule has 1 aromatic heterocycles. The first-order valence-corrected chi connectivity index (χ1v) is 11.1. The van der Waals surface area contributed by atoms with E-state index >= 15 is 0 Å². The highest BCUT2D eigenvalue weighted by atomic mass is 19.4. The minimum absolute atomic E-state index is 0.00813. The van der Waals surface area contributed by atoms with Crippen molar-refractivity contribution in [1.29, 1.82) is 5.26 Å². The van der Waals surface area contributed by atoms with Crippen molar-refractivity contribution in [2.24, 2.45) is 11.1 Å². The summed E-state index contributed by atoms with van der Waals surface area (Å²) >= 11 is 0. The van der Waals surface area contributed by atoms with Crippen molar-refractivity contribution in [2.45, 2.75) is 49.7 Å². The number of nitrogens with two attached hydrogens (primary N) is 2. The van der Waals surface area contributed by atoms with Gasteiger partial charge >= 0.3 is 18.3 Å². The van der Waals surface area contributed by atoms with E-state index in [4.69, 9.17) is 26.6 Å². The molecule has 2 amide bonds. The summed E-state index contributed by atoms with van der Waals surface area (Å²) in [5.41, 5.74) is 5.39. The number of nitrogen functional groups attached to an aromatic ring is 1. The first-order valence-electron chi connectivity index (χ1n) is 11.1. The number of nitrogens with zero attached hydrogens (tertiary/aromatic N) is 3. The number of carboxylic acid groups (broad SMARTS) is 1. The van der Waals surface area contributed by atoms with E-state index in [1.165, 1.54) is 12.3 Å². The Labute approximate surface area is 220 Å². The second kappa shape index (κ2) is 9.62. The molecule has 3 saturated carbocycles. The van der Waals surface area contributed by atoms with Crippen LogP contribution in [0.1, 0.15) is 40.9 Å². The molecule has 1 atom stereocenters. The summed E-state index contributed by atoms with van der Waals surface area (Å²) in [6, 6.07) is 5.34. The van der Waals surface area contributed by atoms with Crippen molar-refractivity contribution in [3.8, 4) is 17.3 Å². The number of aliphatic hydroxyl groups is 1. The van der Waals surface area contributed by atoms with Crippen LogP contribution in [-0.4, -0.2) is 55.9 Å². The SMILES string of the molecule is Cc1ccc(C(O)(C(N)=O)C(F)(F)F)cc1-c1cnc(N)c(C(=O)NC23CC(C#N)(C2)C3)n1.O=C(O)C(F)(F)F. The van der Waals surface area contributed by atoms with Gasteiger partial charge in [0.15, 0.2) is 11.5 Å². The van der Waals surface area contributed by atoms with E-state index in [0.29, 0.717) is 24.8 Å². The maximum absolute atomic E-state index is 13.5. The van der Waals surface area contributed by atoms with Crippen LogP contribution in [-0.2, 0) is 15.2 Å². The minimum Gasteiger partial charge on any atom is -0.475 e. The third-order valence-corrected chi connectivity index (χ3v) is 6.60. The van der Waals surface area contributed by atoms with Crippen LogP contribution >= 0.6 is 0 Å². The Morgan fingerprint density at radius 2 is 1.68 bits per heavy atom. The smallest absolute Gasteiger partial charge is 0.475 e. The van der Waals surface area contributed by atoms with E-state index in [1.807, 2.05) is 0 Å². The first kappa shape index (κ1) is 30.1. The molecule has 1 heterocycles. The molecule has 11 nitrogen and oxygen atoms in total. The van der Waals surface area contributed by atoms with Crippen molar-refractivity contribution in [2.75, 3.05) is 5.73 Å². The standard InChI is InChI=1S/C21H19F3N6O3.C2HF3O2/c1-10-2-3-11(20(33,17(27)32)21(22,23)24)4-12(10)13-5-28-15(26)14(29-13)16(31)30-19-6-18(7-19,8-19)9-25;3-2(4,5)1(6)7/h2-5,33H,6-8H2,1H3,(H2,26,28)(H2,27,32)(H,30,31);(H,6,7). The molecule has 5 rings (SSSR count). The van der Waals surface area contributed by atoms with Gasteiger partial charge in [-0.1, -0.05) is 12.1 Å². The number of carbonyl (C=O) groups is 3. The number of nitriles is 1. The Morgan fingerprint density at radius 1 is 1.12 bits per heavy atom. The van der Waals surface area contributed by atoms with E-state index in [2.05, 4.69) is 21.4 Å². The molecule has 3 aliphatic rings. The summed E-state index contributed by atoms with van der Waals surface area (Å²) in [6.07, 6.45) is -7.70. The number of aliphatic carboxylic acids is 1. The molecule has 2 bridgehead atoms. The zero-order valence-electron chi connectivity index (χ0n) is 20.3. The van der Waals surface area contributed by atoms with Crippen LogP contribution in [0.15, 0.2) is 24.4 Å². The van der Waals surface area contributed by atoms with Gasteiger partial charge in [-0.25, -0.2) is 14.8 Å². The number of primary amides is 1. The first-order chi connectivity index (χ1) is 18.2. The Bertz CT molecular complexity index is 1420. The van der Waals surface area contributed by atoms with Crippen molar-refractivity contribution < 1.29 is 50.9 Å². The van der Waals surface area contributed by atoms with Crippen molar-refractivity contribution in [3.63, 3.8) is 0 Å². The highest BCUT2D eigenvalue weighted by Gasteiger charge is 2.69. The average molecular weight is 574 g/mol. The second-order valence-corrected chi connectivity index (χ2v) is 9.55. The van der Waals surface area contributed by atoms with Gasteiger partial charge in [-0.15, -0.1) is 0 Å². The number of rotatable bonds is 5.